The zero-order valence-corrected chi connectivity index (χ0v) is 17.6. The van der Waals surface area contributed by atoms with Crippen molar-refractivity contribution in [2.75, 3.05) is 11.9 Å². The van der Waals surface area contributed by atoms with Crippen molar-refractivity contribution in [2.45, 2.75) is 12.8 Å². The first-order valence-corrected chi connectivity index (χ1v) is 10.8. The Balaban J connectivity index is 1.30. The molecule has 4 aromatic rings. The molecule has 2 heterocycles. The predicted molar refractivity (Wildman–Crippen MR) is 120 cm³/mol. The van der Waals surface area contributed by atoms with E-state index in [1.807, 2.05) is 24.3 Å². The topological polar surface area (TPSA) is 105 Å². The van der Waals surface area contributed by atoms with E-state index in [0.29, 0.717) is 21.6 Å². The molecule has 0 saturated carbocycles. The third kappa shape index (κ3) is 3.59. The lowest BCUT2D eigenvalue weighted by molar-refractivity contribution is -0.119. The summed E-state index contributed by atoms with van der Waals surface area (Å²) in [4.78, 5) is 34.2. The number of nitrogens with zero attached hydrogens (tertiary/aromatic N) is 3. The van der Waals surface area contributed by atoms with Gasteiger partial charge in [0.25, 0.3) is 5.91 Å². The molecule has 2 aromatic carbocycles. The monoisotopic (exact) mass is 440 g/mol. The number of rotatable bonds is 4. The quantitative estimate of drug-likeness (QED) is 0.479. The Hall–Kier alpha value is -4.09. The van der Waals surface area contributed by atoms with E-state index in [2.05, 4.69) is 27.4 Å². The van der Waals surface area contributed by atoms with Crippen LogP contribution in [0.1, 0.15) is 27.2 Å². The van der Waals surface area contributed by atoms with Gasteiger partial charge in [-0.1, -0.05) is 36.4 Å². The van der Waals surface area contributed by atoms with Gasteiger partial charge in [0.15, 0.2) is 12.3 Å². The van der Waals surface area contributed by atoms with Crippen LogP contribution in [0.25, 0.3) is 21.5 Å². The molecular formula is C24H16N4O3S. The Morgan fingerprint density at radius 3 is 2.72 bits per heavy atom. The number of aromatic nitrogens is 2. The summed E-state index contributed by atoms with van der Waals surface area (Å²) >= 11 is 1.37. The normalized spacial score (nSPS) is 11.8. The number of nitrogens with one attached hydrogen (secondary N) is 1. The van der Waals surface area contributed by atoms with E-state index in [4.69, 9.17) is 4.74 Å². The molecule has 1 N–H and O–H groups in total. The first-order valence-electron chi connectivity index (χ1n) is 9.97. The van der Waals surface area contributed by atoms with Crippen LogP contribution in [0.15, 0.2) is 54.7 Å². The molecule has 156 valence electrons. The van der Waals surface area contributed by atoms with Crippen molar-refractivity contribution in [1.82, 2.24) is 9.97 Å². The van der Waals surface area contributed by atoms with Crippen molar-refractivity contribution in [3.05, 3.63) is 77.1 Å². The second-order valence-corrected chi connectivity index (χ2v) is 8.27. The largest absolute Gasteiger partial charge is 0.451 e. The molecule has 0 unspecified atom stereocenters. The lowest BCUT2D eigenvalue weighted by Crippen LogP contribution is -2.21. The van der Waals surface area contributed by atoms with Crippen LogP contribution in [-0.4, -0.2) is 28.5 Å². The molecule has 0 saturated heterocycles. The summed E-state index contributed by atoms with van der Waals surface area (Å²) in [5.74, 6) is -1.26. The Bertz CT molecular complexity index is 1420. The molecule has 0 fully saturated rings. The highest BCUT2D eigenvalue weighted by Gasteiger charge is 2.25. The lowest BCUT2D eigenvalue weighted by atomic mass is 9.90. The molecule has 1 aliphatic rings. The third-order valence-corrected chi connectivity index (χ3v) is 6.45. The van der Waals surface area contributed by atoms with Crippen LogP contribution < -0.4 is 5.32 Å². The number of aryl methyl sites for hydroxylation is 1. The minimum absolute atomic E-state index is 0.0254. The summed E-state index contributed by atoms with van der Waals surface area (Å²) in [7, 11) is 0. The van der Waals surface area contributed by atoms with E-state index >= 15 is 0 Å². The van der Waals surface area contributed by atoms with Crippen molar-refractivity contribution in [1.29, 1.82) is 5.26 Å². The molecule has 0 bridgehead atoms. The van der Waals surface area contributed by atoms with Crippen molar-refractivity contribution >= 4 is 39.2 Å². The number of hydrogen-bond donors (Lipinski definition) is 1. The minimum Gasteiger partial charge on any atom is -0.451 e. The third-order valence-electron chi connectivity index (χ3n) is 5.27. The number of carbonyl (C=O) groups excluding carboxylic acids is 2. The predicted octanol–water partition coefficient (Wildman–Crippen LogP) is 4.12. The summed E-state index contributed by atoms with van der Waals surface area (Å²) in [5, 5.41) is 12.9. The minimum atomic E-state index is -0.738. The molecule has 0 spiro atoms. The highest BCUT2D eigenvalue weighted by molar-refractivity contribution is 7.20. The molecule has 8 heteroatoms. The number of amides is 1. The first kappa shape index (κ1) is 19.8. The maximum absolute atomic E-state index is 12.5. The van der Waals surface area contributed by atoms with Crippen molar-refractivity contribution in [3.63, 3.8) is 0 Å². The van der Waals surface area contributed by atoms with Gasteiger partial charge in [-0.2, -0.15) is 5.26 Å². The van der Waals surface area contributed by atoms with E-state index in [1.165, 1.54) is 23.1 Å². The number of carbonyl (C=O) groups is 2. The lowest BCUT2D eigenvalue weighted by Gasteiger charge is -2.15. The molecule has 32 heavy (non-hydrogen) atoms. The summed E-state index contributed by atoms with van der Waals surface area (Å²) < 4.78 is 5.11. The van der Waals surface area contributed by atoms with Crippen molar-refractivity contribution in [2.24, 2.45) is 0 Å². The van der Waals surface area contributed by atoms with Crippen LogP contribution in [0.3, 0.4) is 0 Å². The average molecular weight is 440 g/mol. The molecule has 1 amide bonds. The van der Waals surface area contributed by atoms with Crippen LogP contribution in [0, 0.1) is 11.3 Å². The molecule has 0 radical (unpaired) electrons. The fraction of sp³-hybridized carbons (Fsp3) is 0.125. The molecule has 7 nitrogen and oxygen atoms in total. The van der Waals surface area contributed by atoms with Crippen LogP contribution in [0.5, 0.6) is 0 Å². The Morgan fingerprint density at radius 2 is 1.88 bits per heavy atom. The van der Waals surface area contributed by atoms with Gasteiger partial charge in [0, 0.05) is 4.88 Å². The fourth-order valence-corrected chi connectivity index (χ4v) is 5.05. The number of thiophene rings is 1. The molecule has 1 aliphatic carbocycles. The van der Waals surface area contributed by atoms with Crippen LogP contribution in [0.2, 0.25) is 0 Å². The van der Waals surface area contributed by atoms with Crippen LogP contribution in [-0.2, 0) is 22.4 Å². The Morgan fingerprint density at radius 1 is 1.09 bits per heavy atom. The van der Waals surface area contributed by atoms with E-state index in [0.717, 1.165) is 28.8 Å². The van der Waals surface area contributed by atoms with Crippen LogP contribution in [0.4, 0.5) is 5.00 Å². The highest BCUT2D eigenvalue weighted by atomic mass is 32.1. The number of anilines is 1. The first-order chi connectivity index (χ1) is 15.6. The average Bonchev–Trinajstić information content (AvgIpc) is 3.19. The fourth-order valence-electron chi connectivity index (χ4n) is 3.77. The van der Waals surface area contributed by atoms with Gasteiger partial charge in [-0.25, -0.2) is 9.78 Å². The maximum Gasteiger partial charge on any atom is 0.359 e. The molecule has 0 aliphatic heterocycles. The van der Waals surface area contributed by atoms with Gasteiger partial charge in [0.05, 0.1) is 22.8 Å². The number of benzene rings is 2. The zero-order chi connectivity index (χ0) is 22.1. The number of fused-ring (bicyclic) bond motifs is 4. The smallest absolute Gasteiger partial charge is 0.359 e. The number of ether oxygens (including phenoxy) is 1. The summed E-state index contributed by atoms with van der Waals surface area (Å²) in [6.07, 6.45) is 2.92. The molecule has 2 aromatic heterocycles. The Labute approximate surface area is 187 Å². The standard InChI is InChI=1S/C24H16N4O3S/c25-11-17-16-10-9-14-5-1-2-6-15(14)22(16)32-23(17)28-21(29)13-31-24(30)20-12-26-18-7-3-4-8-19(18)27-20/h1-8,12H,9-10,13H2,(H,28,29). The number of nitriles is 1. The summed E-state index contributed by atoms with van der Waals surface area (Å²) in [5.41, 5.74) is 5.00. The van der Waals surface area contributed by atoms with Gasteiger partial charge in [-0.15, -0.1) is 11.3 Å². The van der Waals surface area contributed by atoms with Gasteiger partial charge in [0.1, 0.15) is 11.1 Å². The van der Waals surface area contributed by atoms with Gasteiger partial charge in [-0.3, -0.25) is 9.78 Å². The summed E-state index contributed by atoms with van der Waals surface area (Å²) in [6.45, 7) is -0.489. The molecule has 5 rings (SSSR count). The number of para-hydroxylation sites is 2. The number of hydrogen-bond acceptors (Lipinski definition) is 7. The van der Waals surface area contributed by atoms with Crippen LogP contribution >= 0.6 is 11.3 Å². The van der Waals surface area contributed by atoms with Gasteiger partial charge in [0.2, 0.25) is 0 Å². The van der Waals surface area contributed by atoms with Crippen molar-refractivity contribution < 1.29 is 14.3 Å². The van der Waals surface area contributed by atoms with E-state index in [-0.39, 0.29) is 5.69 Å². The van der Waals surface area contributed by atoms with E-state index < -0.39 is 18.5 Å². The van der Waals surface area contributed by atoms with Gasteiger partial charge in [-0.05, 0) is 41.7 Å². The second kappa shape index (κ2) is 8.21. The highest BCUT2D eigenvalue weighted by Crippen LogP contribution is 2.44. The summed E-state index contributed by atoms with van der Waals surface area (Å²) in [6, 6.07) is 17.5. The van der Waals surface area contributed by atoms with Gasteiger partial charge < -0.3 is 10.1 Å². The van der Waals surface area contributed by atoms with E-state index in [1.54, 1.807) is 18.2 Å². The SMILES string of the molecule is N#Cc1c(NC(=O)COC(=O)c2cnc3ccccc3n2)sc2c1CCc1ccccc1-2. The maximum atomic E-state index is 12.5. The molecule has 0 atom stereocenters. The zero-order valence-electron chi connectivity index (χ0n) is 16.8. The van der Waals surface area contributed by atoms with Crippen molar-refractivity contribution in [3.8, 4) is 16.5 Å². The van der Waals surface area contributed by atoms with Gasteiger partial charge >= 0.3 is 5.97 Å². The second-order valence-electron chi connectivity index (χ2n) is 7.25. The molecular weight excluding hydrogens is 424 g/mol. The Kier molecular flexibility index (Phi) is 5.09. The number of esters is 1. The van der Waals surface area contributed by atoms with E-state index in [9.17, 15) is 14.9 Å².